The molecule has 0 amide bonds. The molecule has 21 heavy (non-hydrogen) atoms. The molecule has 0 bridgehead atoms. The summed E-state index contributed by atoms with van der Waals surface area (Å²) in [6.07, 6.45) is 0.560. The van der Waals surface area contributed by atoms with Crippen molar-refractivity contribution in [2.24, 2.45) is 0 Å². The fraction of sp³-hybridized carbons (Fsp3) is 0.636. The Hall–Kier alpha value is -1.23. The molecule has 0 atom stereocenters. The minimum Gasteiger partial charge on any atom is -0.480 e. The summed E-state index contributed by atoms with van der Waals surface area (Å²) in [6, 6.07) is 0. The van der Waals surface area contributed by atoms with Gasteiger partial charge in [-0.1, -0.05) is 11.3 Å². The zero-order chi connectivity index (χ0) is 15.6. The molecule has 10 heteroatoms. The lowest BCUT2D eigenvalue weighted by Gasteiger charge is -2.20. The molecule has 0 aliphatic carbocycles. The van der Waals surface area contributed by atoms with Crippen LogP contribution in [-0.2, 0) is 14.8 Å². The predicted octanol–water partition coefficient (Wildman–Crippen LogP) is -0.474. The van der Waals surface area contributed by atoms with E-state index in [0.717, 1.165) is 0 Å². The second-order valence-electron chi connectivity index (χ2n) is 4.85. The fourth-order valence-electron chi connectivity index (χ4n) is 2.29. The third-order valence-corrected chi connectivity index (χ3v) is 6.74. The van der Waals surface area contributed by atoms with Crippen molar-refractivity contribution in [1.82, 2.24) is 14.2 Å². The Labute approximate surface area is 126 Å². The van der Waals surface area contributed by atoms with Crippen LogP contribution >= 0.6 is 11.3 Å². The van der Waals surface area contributed by atoms with Crippen LogP contribution in [0.2, 0.25) is 0 Å². The van der Waals surface area contributed by atoms with Crippen molar-refractivity contribution in [1.29, 1.82) is 0 Å². The Morgan fingerprint density at radius 3 is 2.62 bits per heavy atom. The highest BCUT2D eigenvalue weighted by Crippen LogP contribution is 2.22. The number of nitrogens with zero attached hydrogens (tertiary/aromatic N) is 2. The lowest BCUT2D eigenvalue weighted by Crippen LogP contribution is -2.36. The number of aromatic amines is 1. The molecule has 1 aliphatic rings. The molecule has 0 radical (unpaired) electrons. The number of nitrogens with one attached hydrogen (secondary N) is 1. The zero-order valence-corrected chi connectivity index (χ0v) is 13.2. The normalized spacial score (nSPS) is 18.5. The molecule has 1 aromatic heterocycles. The van der Waals surface area contributed by atoms with Crippen molar-refractivity contribution >= 4 is 27.3 Å². The summed E-state index contributed by atoms with van der Waals surface area (Å²) in [7, 11) is -3.70. The van der Waals surface area contributed by atoms with Gasteiger partial charge in [-0.25, -0.2) is 8.42 Å². The Morgan fingerprint density at radius 1 is 1.33 bits per heavy atom. The average Bonchev–Trinajstić information content (AvgIpc) is 2.60. The number of aromatic nitrogens is 1. The lowest BCUT2D eigenvalue weighted by atomic mass is 10.4. The summed E-state index contributed by atoms with van der Waals surface area (Å²) in [4.78, 5) is 25.8. The maximum atomic E-state index is 12.5. The molecule has 0 spiro atoms. The summed E-state index contributed by atoms with van der Waals surface area (Å²) >= 11 is 0.685. The number of rotatable bonds is 4. The first-order valence-corrected chi connectivity index (χ1v) is 8.70. The largest absolute Gasteiger partial charge is 0.480 e. The first kappa shape index (κ1) is 16.1. The van der Waals surface area contributed by atoms with E-state index in [1.165, 1.54) is 4.31 Å². The van der Waals surface area contributed by atoms with Crippen molar-refractivity contribution in [2.45, 2.75) is 17.6 Å². The molecule has 0 unspecified atom stereocenters. The van der Waals surface area contributed by atoms with Crippen LogP contribution in [-0.4, -0.2) is 66.4 Å². The van der Waals surface area contributed by atoms with Crippen molar-refractivity contribution < 1.29 is 18.3 Å². The molecule has 8 nitrogen and oxygen atoms in total. The van der Waals surface area contributed by atoms with Crippen LogP contribution in [0, 0.1) is 6.92 Å². The van der Waals surface area contributed by atoms with E-state index in [4.69, 9.17) is 5.11 Å². The van der Waals surface area contributed by atoms with E-state index in [1.54, 1.807) is 11.8 Å². The monoisotopic (exact) mass is 335 g/mol. The Balaban J connectivity index is 2.16. The second-order valence-corrected chi connectivity index (χ2v) is 7.97. The smallest absolute Gasteiger partial charge is 0.317 e. The minimum atomic E-state index is -3.70. The standard InChI is InChI=1S/C11H17N3O5S2/c1-8-10(20-11(17)12-8)21(18,19)14-4-2-3-13(5-6-14)7-9(15)16/h2-7H2,1H3,(H,12,17)(H,15,16). The molecule has 118 valence electrons. The molecular weight excluding hydrogens is 318 g/mol. The van der Waals surface area contributed by atoms with Crippen LogP contribution in [0.25, 0.3) is 0 Å². The average molecular weight is 335 g/mol. The summed E-state index contributed by atoms with van der Waals surface area (Å²) in [6.45, 7) is 2.92. The van der Waals surface area contributed by atoms with E-state index in [-0.39, 0.29) is 17.3 Å². The maximum Gasteiger partial charge on any atom is 0.317 e. The number of sulfonamides is 1. The number of aryl methyl sites for hydroxylation is 1. The first-order chi connectivity index (χ1) is 9.80. The van der Waals surface area contributed by atoms with E-state index in [0.29, 0.717) is 43.1 Å². The highest BCUT2D eigenvalue weighted by Gasteiger charge is 2.30. The summed E-state index contributed by atoms with van der Waals surface area (Å²) in [5.74, 6) is -0.925. The van der Waals surface area contributed by atoms with Gasteiger partial charge in [-0.3, -0.25) is 14.5 Å². The highest BCUT2D eigenvalue weighted by molar-refractivity contribution is 7.91. The van der Waals surface area contributed by atoms with Crippen LogP contribution < -0.4 is 4.87 Å². The summed E-state index contributed by atoms with van der Waals surface area (Å²) in [5, 5.41) is 8.79. The van der Waals surface area contributed by atoms with Crippen molar-refractivity contribution in [2.75, 3.05) is 32.7 Å². The molecular formula is C11H17N3O5S2. The third-order valence-electron chi connectivity index (χ3n) is 3.26. The van der Waals surface area contributed by atoms with E-state index >= 15 is 0 Å². The Kier molecular flexibility index (Phi) is 4.81. The van der Waals surface area contributed by atoms with Gasteiger partial charge in [0.15, 0.2) is 4.21 Å². The third kappa shape index (κ3) is 3.70. The van der Waals surface area contributed by atoms with Gasteiger partial charge in [-0.2, -0.15) is 4.31 Å². The van der Waals surface area contributed by atoms with Gasteiger partial charge in [0.25, 0.3) is 10.0 Å². The van der Waals surface area contributed by atoms with Crippen molar-refractivity contribution in [3.8, 4) is 0 Å². The van der Waals surface area contributed by atoms with E-state index in [9.17, 15) is 18.0 Å². The van der Waals surface area contributed by atoms with Gasteiger partial charge in [0, 0.05) is 31.9 Å². The number of thiazole rings is 1. The SMILES string of the molecule is Cc1[nH]c(=O)sc1S(=O)(=O)N1CCCN(CC(=O)O)CC1. The zero-order valence-electron chi connectivity index (χ0n) is 11.5. The fourth-order valence-corrected chi connectivity index (χ4v) is 5.20. The van der Waals surface area contributed by atoms with Crippen molar-refractivity contribution in [3.63, 3.8) is 0 Å². The lowest BCUT2D eigenvalue weighted by molar-refractivity contribution is -0.138. The van der Waals surface area contributed by atoms with E-state index in [2.05, 4.69) is 4.98 Å². The van der Waals surface area contributed by atoms with Gasteiger partial charge in [0.2, 0.25) is 0 Å². The predicted molar refractivity (Wildman–Crippen MR) is 77.1 cm³/mol. The molecule has 1 aliphatic heterocycles. The Bertz CT molecular complexity index is 678. The molecule has 1 aromatic rings. The van der Waals surface area contributed by atoms with Gasteiger partial charge in [0.05, 0.1) is 6.54 Å². The van der Waals surface area contributed by atoms with Gasteiger partial charge in [-0.05, 0) is 13.3 Å². The molecule has 1 saturated heterocycles. The van der Waals surface area contributed by atoms with Gasteiger partial charge >= 0.3 is 10.8 Å². The van der Waals surface area contributed by atoms with Gasteiger partial charge < -0.3 is 10.1 Å². The van der Waals surface area contributed by atoms with Crippen LogP contribution in [0.1, 0.15) is 12.1 Å². The number of hydrogen-bond donors (Lipinski definition) is 2. The minimum absolute atomic E-state index is 0.0409. The first-order valence-electron chi connectivity index (χ1n) is 6.44. The van der Waals surface area contributed by atoms with E-state index in [1.807, 2.05) is 0 Å². The second kappa shape index (κ2) is 6.26. The quantitative estimate of drug-likeness (QED) is 0.769. The molecule has 2 N–H and O–H groups in total. The number of carboxylic acids is 1. The van der Waals surface area contributed by atoms with Crippen LogP contribution in [0.3, 0.4) is 0 Å². The number of carboxylic acid groups (broad SMARTS) is 1. The summed E-state index contributed by atoms with van der Waals surface area (Å²) in [5.41, 5.74) is 0.344. The van der Waals surface area contributed by atoms with Crippen LogP contribution in [0.4, 0.5) is 0 Å². The molecule has 2 heterocycles. The topological polar surface area (TPSA) is 111 Å². The van der Waals surface area contributed by atoms with Crippen LogP contribution in [0.5, 0.6) is 0 Å². The molecule has 1 fully saturated rings. The van der Waals surface area contributed by atoms with Crippen LogP contribution in [0.15, 0.2) is 9.00 Å². The number of hydrogen-bond acceptors (Lipinski definition) is 6. The maximum absolute atomic E-state index is 12.5. The van der Waals surface area contributed by atoms with E-state index < -0.39 is 20.9 Å². The van der Waals surface area contributed by atoms with Gasteiger partial charge in [0.1, 0.15) is 0 Å². The van der Waals surface area contributed by atoms with Crippen molar-refractivity contribution in [3.05, 3.63) is 15.4 Å². The molecule has 0 aromatic carbocycles. The Morgan fingerprint density at radius 2 is 2.05 bits per heavy atom. The number of aliphatic carboxylic acids is 1. The molecule has 2 rings (SSSR count). The number of H-pyrrole nitrogens is 1. The summed E-state index contributed by atoms with van der Waals surface area (Å²) < 4.78 is 26.5. The molecule has 0 saturated carbocycles. The van der Waals surface area contributed by atoms with Gasteiger partial charge in [-0.15, -0.1) is 0 Å². The highest BCUT2D eigenvalue weighted by atomic mass is 32.2. The number of carbonyl (C=O) groups is 1.